The Morgan fingerprint density at radius 1 is 1.43 bits per heavy atom. The summed E-state index contributed by atoms with van der Waals surface area (Å²) in [5.41, 5.74) is 0.865. The number of nitrogens with zero attached hydrogens (tertiary/aromatic N) is 2. The molecule has 0 N–H and O–H groups in total. The first-order valence-corrected chi connectivity index (χ1v) is 4.76. The molecule has 1 fully saturated rings. The van der Waals surface area contributed by atoms with E-state index in [9.17, 15) is 4.79 Å². The lowest BCUT2D eigenvalue weighted by atomic mass is 10.2. The molecular weight excluding hydrogens is 176 g/mol. The molecule has 14 heavy (non-hydrogen) atoms. The van der Waals surface area contributed by atoms with Gasteiger partial charge >= 0.3 is 0 Å². The molecule has 3 rings (SSSR count). The number of carbonyl (C=O) groups is 1. The van der Waals surface area contributed by atoms with E-state index in [1.165, 1.54) is 4.68 Å². The Kier molecular flexibility index (Phi) is 1.48. The maximum absolute atomic E-state index is 11.8. The van der Waals surface area contributed by atoms with Crippen LogP contribution in [0.4, 0.5) is 0 Å². The molecule has 1 aliphatic carbocycles. The van der Waals surface area contributed by atoms with Gasteiger partial charge in [-0.15, -0.1) is 0 Å². The number of hydrogen-bond acceptors (Lipinski definition) is 2. The summed E-state index contributed by atoms with van der Waals surface area (Å²) in [5.74, 6) is 0.314. The summed E-state index contributed by atoms with van der Waals surface area (Å²) in [7, 11) is 0. The number of para-hydroxylation sites is 1. The van der Waals surface area contributed by atoms with Crippen LogP contribution in [0.5, 0.6) is 0 Å². The lowest BCUT2D eigenvalue weighted by Crippen LogP contribution is -2.13. The molecule has 0 bridgehead atoms. The highest BCUT2D eigenvalue weighted by Gasteiger charge is 2.31. The Bertz CT molecular complexity index is 497. The minimum atomic E-state index is 0.113. The van der Waals surface area contributed by atoms with Gasteiger partial charge in [0.2, 0.25) is 0 Å². The van der Waals surface area contributed by atoms with Gasteiger partial charge in [0.05, 0.1) is 5.52 Å². The Hall–Kier alpha value is -1.64. The SMILES string of the molecule is O=C(C1CC1)n1n[c]c2ccccc21. The van der Waals surface area contributed by atoms with E-state index in [0.29, 0.717) is 0 Å². The molecule has 69 valence electrons. The highest BCUT2D eigenvalue weighted by atomic mass is 16.2. The van der Waals surface area contributed by atoms with Crippen molar-refractivity contribution in [3.05, 3.63) is 30.5 Å². The molecule has 1 heterocycles. The number of carbonyl (C=O) groups excluding carboxylic acids is 1. The predicted molar refractivity (Wildman–Crippen MR) is 51.9 cm³/mol. The molecule has 2 aromatic rings. The summed E-state index contributed by atoms with van der Waals surface area (Å²) in [5, 5.41) is 4.90. The molecule has 1 aromatic carbocycles. The summed E-state index contributed by atoms with van der Waals surface area (Å²) in [6.07, 6.45) is 4.86. The molecule has 0 spiro atoms. The van der Waals surface area contributed by atoms with Gasteiger partial charge in [-0.05, 0) is 18.9 Å². The minimum absolute atomic E-state index is 0.113. The summed E-state index contributed by atoms with van der Waals surface area (Å²) in [4.78, 5) is 11.8. The fraction of sp³-hybridized carbons (Fsp3) is 0.273. The van der Waals surface area contributed by atoms with Crippen LogP contribution in [0.2, 0.25) is 0 Å². The molecule has 1 aromatic heterocycles. The Balaban J connectivity index is 2.16. The number of aromatic nitrogens is 2. The van der Waals surface area contributed by atoms with Crippen LogP contribution < -0.4 is 0 Å². The van der Waals surface area contributed by atoms with E-state index < -0.39 is 0 Å². The zero-order valence-corrected chi connectivity index (χ0v) is 7.60. The third-order valence-corrected chi connectivity index (χ3v) is 2.54. The van der Waals surface area contributed by atoms with Gasteiger partial charge in [0.15, 0.2) is 0 Å². The molecular formula is C11H9N2O. The Morgan fingerprint density at radius 3 is 3.00 bits per heavy atom. The zero-order valence-electron chi connectivity index (χ0n) is 7.60. The van der Waals surface area contributed by atoms with Crippen molar-refractivity contribution in [2.45, 2.75) is 12.8 Å². The van der Waals surface area contributed by atoms with E-state index in [1.807, 2.05) is 24.3 Å². The second kappa shape index (κ2) is 2.67. The summed E-state index contributed by atoms with van der Waals surface area (Å²) < 4.78 is 1.48. The van der Waals surface area contributed by atoms with Crippen LogP contribution in [0.1, 0.15) is 17.6 Å². The fourth-order valence-corrected chi connectivity index (χ4v) is 1.58. The van der Waals surface area contributed by atoms with Crippen LogP contribution in [-0.2, 0) is 0 Å². The van der Waals surface area contributed by atoms with Crippen LogP contribution >= 0.6 is 0 Å². The molecule has 1 aliphatic rings. The molecule has 0 amide bonds. The van der Waals surface area contributed by atoms with E-state index >= 15 is 0 Å². The average molecular weight is 185 g/mol. The van der Waals surface area contributed by atoms with Gasteiger partial charge in [0.1, 0.15) is 6.20 Å². The van der Waals surface area contributed by atoms with Crippen molar-refractivity contribution < 1.29 is 4.79 Å². The fourth-order valence-electron chi connectivity index (χ4n) is 1.58. The van der Waals surface area contributed by atoms with Crippen molar-refractivity contribution in [2.24, 2.45) is 5.92 Å². The van der Waals surface area contributed by atoms with E-state index in [2.05, 4.69) is 11.3 Å². The maximum Gasteiger partial charge on any atom is 0.250 e. The highest BCUT2D eigenvalue weighted by molar-refractivity contribution is 5.92. The first-order chi connectivity index (χ1) is 6.86. The lowest BCUT2D eigenvalue weighted by molar-refractivity contribution is 0.0876. The summed E-state index contributed by atoms with van der Waals surface area (Å²) in [6.45, 7) is 0. The van der Waals surface area contributed by atoms with Crippen molar-refractivity contribution in [2.75, 3.05) is 0 Å². The van der Waals surface area contributed by atoms with Crippen molar-refractivity contribution in [3.8, 4) is 0 Å². The molecule has 3 nitrogen and oxygen atoms in total. The topological polar surface area (TPSA) is 34.9 Å². The quantitative estimate of drug-likeness (QED) is 0.680. The van der Waals surface area contributed by atoms with Gasteiger partial charge in [-0.1, -0.05) is 18.2 Å². The second-order valence-corrected chi connectivity index (χ2v) is 3.65. The number of hydrogen-bond donors (Lipinski definition) is 0. The van der Waals surface area contributed by atoms with E-state index in [4.69, 9.17) is 0 Å². The van der Waals surface area contributed by atoms with Crippen molar-refractivity contribution in [1.82, 2.24) is 9.78 Å². The summed E-state index contributed by atoms with van der Waals surface area (Å²) >= 11 is 0. The molecule has 0 saturated heterocycles. The van der Waals surface area contributed by atoms with E-state index in [-0.39, 0.29) is 11.8 Å². The maximum atomic E-state index is 11.8. The van der Waals surface area contributed by atoms with Gasteiger partial charge in [0.25, 0.3) is 5.91 Å². The zero-order chi connectivity index (χ0) is 9.54. The monoisotopic (exact) mass is 185 g/mol. The van der Waals surface area contributed by atoms with Gasteiger partial charge < -0.3 is 0 Å². The lowest BCUT2D eigenvalue weighted by Gasteiger charge is -1.98. The normalized spacial score (nSPS) is 16.0. The molecule has 0 atom stereocenters. The summed E-state index contributed by atoms with van der Waals surface area (Å²) in [6, 6.07) is 7.65. The molecule has 0 unspecified atom stereocenters. The second-order valence-electron chi connectivity index (χ2n) is 3.65. The smallest absolute Gasteiger partial charge is 0.250 e. The van der Waals surface area contributed by atoms with Crippen molar-refractivity contribution >= 4 is 16.8 Å². The third kappa shape index (κ3) is 1.05. The van der Waals surface area contributed by atoms with Gasteiger partial charge in [0, 0.05) is 11.3 Å². The first-order valence-electron chi connectivity index (χ1n) is 4.76. The standard InChI is InChI=1S/C11H9N2O/c14-11(8-5-6-8)13-10-4-2-1-3-9(10)7-12-13/h1-4,8H,5-6H2. The minimum Gasteiger partial charge on any atom is -0.272 e. The molecule has 3 heteroatoms. The predicted octanol–water partition coefficient (Wildman–Crippen LogP) is 1.89. The van der Waals surface area contributed by atoms with Crippen LogP contribution in [0.3, 0.4) is 0 Å². The van der Waals surface area contributed by atoms with Crippen LogP contribution in [0.15, 0.2) is 24.3 Å². The largest absolute Gasteiger partial charge is 0.272 e. The number of benzene rings is 1. The van der Waals surface area contributed by atoms with E-state index in [1.54, 1.807) is 0 Å². The van der Waals surface area contributed by atoms with Crippen LogP contribution in [0.25, 0.3) is 10.9 Å². The average Bonchev–Trinajstić information content (AvgIpc) is 2.97. The van der Waals surface area contributed by atoms with Gasteiger partial charge in [-0.25, -0.2) is 0 Å². The van der Waals surface area contributed by atoms with Gasteiger partial charge in [-0.3, -0.25) is 4.79 Å². The Morgan fingerprint density at radius 2 is 2.21 bits per heavy atom. The van der Waals surface area contributed by atoms with Crippen LogP contribution in [-0.4, -0.2) is 15.7 Å². The van der Waals surface area contributed by atoms with Gasteiger partial charge in [-0.2, -0.15) is 9.78 Å². The third-order valence-electron chi connectivity index (χ3n) is 2.54. The Labute approximate surface area is 81.3 Å². The van der Waals surface area contributed by atoms with E-state index in [0.717, 1.165) is 23.7 Å². The van der Waals surface area contributed by atoms with Crippen molar-refractivity contribution in [1.29, 1.82) is 0 Å². The number of fused-ring (bicyclic) bond motifs is 1. The first kappa shape index (κ1) is 7.74. The highest BCUT2D eigenvalue weighted by Crippen LogP contribution is 2.31. The van der Waals surface area contributed by atoms with Crippen LogP contribution in [0, 0.1) is 12.1 Å². The molecule has 1 radical (unpaired) electrons. The molecule has 0 aliphatic heterocycles. The number of rotatable bonds is 1. The molecule has 1 saturated carbocycles. The van der Waals surface area contributed by atoms with Crippen molar-refractivity contribution in [3.63, 3.8) is 0 Å².